The van der Waals surface area contributed by atoms with Crippen molar-refractivity contribution >= 4 is 5.97 Å². The second-order valence-corrected chi connectivity index (χ2v) is 4.39. The van der Waals surface area contributed by atoms with Crippen molar-refractivity contribution in [1.29, 1.82) is 0 Å². The molecule has 3 nitrogen and oxygen atoms in total. The highest BCUT2D eigenvalue weighted by Crippen LogP contribution is 2.46. The smallest absolute Gasteiger partial charge is 0.314 e. The predicted octanol–water partition coefficient (Wildman–Crippen LogP) is 2.35. The zero-order valence-electron chi connectivity index (χ0n) is 8.96. The van der Waals surface area contributed by atoms with Gasteiger partial charge in [-0.2, -0.15) is 0 Å². The minimum Gasteiger partial charge on any atom is -0.505 e. The van der Waals surface area contributed by atoms with Crippen molar-refractivity contribution in [3.05, 3.63) is 29.1 Å². The van der Waals surface area contributed by atoms with E-state index in [4.69, 9.17) is 0 Å². The van der Waals surface area contributed by atoms with E-state index in [-0.39, 0.29) is 5.56 Å². The zero-order chi connectivity index (χ0) is 11.9. The molecule has 4 heteroatoms. The first-order valence-corrected chi connectivity index (χ1v) is 5.20. The van der Waals surface area contributed by atoms with Crippen molar-refractivity contribution < 1.29 is 19.4 Å². The molecular formula is C12H13FO3. The number of halogens is 1. The Bertz CT molecular complexity index is 450. The van der Waals surface area contributed by atoms with E-state index < -0.39 is 23.0 Å². The van der Waals surface area contributed by atoms with Crippen molar-refractivity contribution in [3.8, 4) is 5.75 Å². The molecule has 2 rings (SSSR count). The monoisotopic (exact) mass is 224 g/mol. The number of hydrogen-bond donors (Lipinski definition) is 2. The Morgan fingerprint density at radius 1 is 1.44 bits per heavy atom. The lowest BCUT2D eigenvalue weighted by molar-refractivity contribution is -0.147. The van der Waals surface area contributed by atoms with Gasteiger partial charge in [-0.3, -0.25) is 4.79 Å². The third-order valence-electron chi connectivity index (χ3n) is 3.33. The summed E-state index contributed by atoms with van der Waals surface area (Å²) in [6.45, 7) is 1.71. The van der Waals surface area contributed by atoms with E-state index in [2.05, 4.69) is 0 Å². The van der Waals surface area contributed by atoms with E-state index in [0.717, 1.165) is 6.42 Å². The molecule has 0 atom stereocenters. The van der Waals surface area contributed by atoms with Crippen molar-refractivity contribution in [3.63, 3.8) is 0 Å². The molecule has 0 aromatic heterocycles. The molecule has 0 bridgehead atoms. The Labute approximate surface area is 92.5 Å². The Morgan fingerprint density at radius 2 is 2.06 bits per heavy atom. The fourth-order valence-corrected chi connectivity index (χ4v) is 2.23. The van der Waals surface area contributed by atoms with Gasteiger partial charge in [-0.1, -0.05) is 12.5 Å². The number of rotatable bonds is 2. The SMILES string of the molecule is Cc1cc(O)c(F)c(C2(C(=O)O)CCC2)c1. The minimum absolute atomic E-state index is 0.115. The zero-order valence-corrected chi connectivity index (χ0v) is 8.96. The van der Waals surface area contributed by atoms with E-state index in [9.17, 15) is 19.4 Å². The maximum atomic E-state index is 13.7. The lowest BCUT2D eigenvalue weighted by Crippen LogP contribution is -2.43. The number of benzene rings is 1. The maximum Gasteiger partial charge on any atom is 0.314 e. The third-order valence-corrected chi connectivity index (χ3v) is 3.33. The first kappa shape index (κ1) is 10.9. The van der Waals surface area contributed by atoms with Crippen LogP contribution in [0.25, 0.3) is 0 Å². The lowest BCUT2D eigenvalue weighted by atomic mass is 9.64. The van der Waals surface area contributed by atoms with Crippen LogP contribution in [0.5, 0.6) is 5.75 Å². The molecule has 1 aromatic carbocycles. The van der Waals surface area contributed by atoms with Gasteiger partial charge in [0.1, 0.15) is 0 Å². The summed E-state index contributed by atoms with van der Waals surface area (Å²) in [7, 11) is 0. The first-order chi connectivity index (χ1) is 7.47. The number of carboxylic acid groups (broad SMARTS) is 1. The van der Waals surface area contributed by atoms with Gasteiger partial charge in [-0.25, -0.2) is 4.39 Å². The number of aromatic hydroxyl groups is 1. The highest BCUT2D eigenvalue weighted by atomic mass is 19.1. The highest BCUT2D eigenvalue weighted by molar-refractivity contribution is 5.83. The van der Waals surface area contributed by atoms with E-state index in [1.165, 1.54) is 12.1 Å². The molecule has 1 aromatic rings. The summed E-state index contributed by atoms with van der Waals surface area (Å²) in [6, 6.07) is 2.81. The van der Waals surface area contributed by atoms with E-state index in [1.54, 1.807) is 6.92 Å². The van der Waals surface area contributed by atoms with Gasteiger partial charge in [-0.15, -0.1) is 0 Å². The largest absolute Gasteiger partial charge is 0.505 e. The molecule has 1 fully saturated rings. The Kier molecular flexibility index (Phi) is 2.37. The molecule has 2 N–H and O–H groups in total. The van der Waals surface area contributed by atoms with Gasteiger partial charge >= 0.3 is 5.97 Å². The fraction of sp³-hybridized carbons (Fsp3) is 0.417. The molecule has 0 saturated heterocycles. The van der Waals surface area contributed by atoms with Crippen molar-refractivity contribution in [2.75, 3.05) is 0 Å². The van der Waals surface area contributed by atoms with Crippen LogP contribution < -0.4 is 0 Å². The normalized spacial score (nSPS) is 17.9. The number of carbonyl (C=O) groups is 1. The Balaban J connectivity index is 2.59. The van der Waals surface area contributed by atoms with Crippen molar-refractivity contribution in [2.24, 2.45) is 0 Å². The van der Waals surface area contributed by atoms with E-state index in [1.807, 2.05) is 0 Å². The van der Waals surface area contributed by atoms with Gasteiger partial charge in [0.15, 0.2) is 11.6 Å². The molecule has 16 heavy (non-hydrogen) atoms. The van der Waals surface area contributed by atoms with Gasteiger partial charge in [0.25, 0.3) is 0 Å². The lowest BCUT2D eigenvalue weighted by Gasteiger charge is -2.38. The molecule has 1 aliphatic rings. The molecule has 0 heterocycles. The quantitative estimate of drug-likeness (QED) is 0.810. The Morgan fingerprint density at radius 3 is 2.50 bits per heavy atom. The molecule has 0 amide bonds. The average molecular weight is 224 g/mol. The second kappa shape index (κ2) is 3.47. The fourth-order valence-electron chi connectivity index (χ4n) is 2.23. The number of phenols is 1. The number of carboxylic acids is 1. The number of aliphatic carboxylic acids is 1. The van der Waals surface area contributed by atoms with Gasteiger partial charge in [0, 0.05) is 5.56 Å². The summed E-state index contributed by atoms with van der Waals surface area (Å²) in [6.07, 6.45) is 1.64. The summed E-state index contributed by atoms with van der Waals surface area (Å²) in [5.41, 5.74) is -0.349. The summed E-state index contributed by atoms with van der Waals surface area (Å²) in [5.74, 6) is -2.28. The van der Waals surface area contributed by atoms with Crippen LogP contribution in [-0.2, 0) is 10.2 Å². The third kappa shape index (κ3) is 1.37. The van der Waals surface area contributed by atoms with Gasteiger partial charge in [0.05, 0.1) is 5.41 Å². The summed E-state index contributed by atoms with van der Waals surface area (Å²) in [4.78, 5) is 11.2. The van der Waals surface area contributed by atoms with Crippen LogP contribution in [0.15, 0.2) is 12.1 Å². The number of phenolic OH excluding ortho intramolecular Hbond substituents is 1. The van der Waals surface area contributed by atoms with Crippen LogP contribution in [0.1, 0.15) is 30.4 Å². The van der Waals surface area contributed by atoms with E-state index >= 15 is 0 Å². The standard InChI is InChI=1S/C12H13FO3/c1-7-5-8(10(13)9(14)6-7)12(11(15)16)3-2-4-12/h5-6,14H,2-4H2,1H3,(H,15,16). The highest BCUT2D eigenvalue weighted by Gasteiger charge is 2.48. The Hall–Kier alpha value is -1.58. The molecule has 0 aliphatic heterocycles. The number of aryl methyl sites for hydroxylation is 1. The molecule has 86 valence electrons. The molecule has 1 aliphatic carbocycles. The van der Waals surface area contributed by atoms with Crippen LogP contribution in [0.4, 0.5) is 4.39 Å². The van der Waals surface area contributed by atoms with Crippen LogP contribution in [0.2, 0.25) is 0 Å². The first-order valence-electron chi connectivity index (χ1n) is 5.20. The molecule has 0 spiro atoms. The van der Waals surface area contributed by atoms with Gasteiger partial charge < -0.3 is 10.2 Å². The summed E-state index contributed by atoms with van der Waals surface area (Å²) in [5, 5.41) is 18.6. The molecule has 1 saturated carbocycles. The maximum absolute atomic E-state index is 13.7. The number of hydrogen-bond acceptors (Lipinski definition) is 2. The van der Waals surface area contributed by atoms with Crippen LogP contribution in [0.3, 0.4) is 0 Å². The topological polar surface area (TPSA) is 57.5 Å². The molecular weight excluding hydrogens is 211 g/mol. The average Bonchev–Trinajstić information content (AvgIpc) is 2.10. The summed E-state index contributed by atoms with van der Waals surface area (Å²) < 4.78 is 13.7. The minimum atomic E-state index is -1.13. The van der Waals surface area contributed by atoms with Gasteiger partial charge in [0.2, 0.25) is 0 Å². The summed E-state index contributed by atoms with van der Waals surface area (Å²) >= 11 is 0. The van der Waals surface area contributed by atoms with Crippen LogP contribution in [0, 0.1) is 12.7 Å². The van der Waals surface area contributed by atoms with E-state index in [0.29, 0.717) is 18.4 Å². The molecule has 0 unspecified atom stereocenters. The van der Waals surface area contributed by atoms with Crippen LogP contribution in [-0.4, -0.2) is 16.2 Å². The van der Waals surface area contributed by atoms with Gasteiger partial charge in [-0.05, 0) is 31.4 Å². The van der Waals surface area contributed by atoms with Crippen molar-refractivity contribution in [2.45, 2.75) is 31.6 Å². The van der Waals surface area contributed by atoms with Crippen molar-refractivity contribution in [1.82, 2.24) is 0 Å². The molecule has 0 radical (unpaired) electrons. The second-order valence-electron chi connectivity index (χ2n) is 4.39. The predicted molar refractivity (Wildman–Crippen MR) is 56.0 cm³/mol. The van der Waals surface area contributed by atoms with Crippen LogP contribution >= 0.6 is 0 Å².